The van der Waals surface area contributed by atoms with Crippen molar-refractivity contribution in [2.75, 3.05) is 19.8 Å². The second-order valence-corrected chi connectivity index (χ2v) is 17.2. The van der Waals surface area contributed by atoms with Crippen LogP contribution in [0.3, 0.4) is 0 Å². The summed E-state index contributed by atoms with van der Waals surface area (Å²) >= 11 is 0. The van der Waals surface area contributed by atoms with E-state index in [1.165, 1.54) is 154 Å². The fourth-order valence-electron chi connectivity index (χ4n) is 6.86. The molecule has 0 aliphatic heterocycles. The Morgan fingerprint density at radius 1 is 0.473 bits per heavy atom. The fraction of sp³-hybridized carbons (Fsp3) is 0.913. The maximum Gasteiger partial charge on any atom is 0.472 e. The van der Waals surface area contributed by atoms with E-state index in [0.717, 1.165) is 51.4 Å². The Labute approximate surface area is 340 Å². The number of rotatable bonds is 44. The van der Waals surface area contributed by atoms with Gasteiger partial charge in [0.05, 0.1) is 13.2 Å². The number of carbonyl (C=O) groups excluding carboxylic acids is 2. The zero-order valence-corrected chi connectivity index (χ0v) is 37.2. The van der Waals surface area contributed by atoms with E-state index in [9.17, 15) is 19.0 Å². The summed E-state index contributed by atoms with van der Waals surface area (Å²) in [6.07, 6.45) is 45.7. The van der Waals surface area contributed by atoms with Crippen LogP contribution in [-0.4, -0.2) is 42.8 Å². The third-order valence-electron chi connectivity index (χ3n) is 10.3. The molecule has 0 saturated heterocycles. The molecule has 0 aromatic rings. The monoisotopic (exact) mass is 801 g/mol. The fourth-order valence-corrected chi connectivity index (χ4v) is 7.62. The number of esters is 2. The molecule has 0 rings (SSSR count). The molecule has 0 aliphatic rings. The largest absolute Gasteiger partial charge is 0.472 e. The minimum absolute atomic E-state index is 0.00201. The lowest BCUT2D eigenvalue weighted by Gasteiger charge is -2.19. The average molecular weight is 801 g/mol. The standard InChI is InChI=1S/C46H89O8P/c1-4-7-9-11-13-15-17-19-20-21-22-23-24-25-26-27-28-29-31-32-34-36-38-40-45(47)51-42-44(43-53-55(49,50)52-6-3)54-46(48)41-39-37-35-33-30-18-16-14-12-10-8-5-2/h14,16,44H,4-13,15,17-43H2,1-3H3,(H,49,50)/b16-14-. The van der Waals surface area contributed by atoms with Gasteiger partial charge in [0.1, 0.15) is 6.61 Å². The van der Waals surface area contributed by atoms with Crippen molar-refractivity contribution in [3.05, 3.63) is 12.2 Å². The predicted molar refractivity (Wildman–Crippen MR) is 230 cm³/mol. The Balaban J connectivity index is 3.91. The van der Waals surface area contributed by atoms with Crippen LogP contribution in [0.25, 0.3) is 0 Å². The second kappa shape index (κ2) is 42.4. The number of unbranched alkanes of at least 4 members (excludes halogenated alkanes) is 30. The summed E-state index contributed by atoms with van der Waals surface area (Å²) in [7, 11) is -4.28. The van der Waals surface area contributed by atoms with Crippen molar-refractivity contribution in [3.8, 4) is 0 Å². The smallest absolute Gasteiger partial charge is 0.462 e. The van der Waals surface area contributed by atoms with Crippen molar-refractivity contribution in [3.63, 3.8) is 0 Å². The minimum Gasteiger partial charge on any atom is -0.462 e. The molecule has 8 nitrogen and oxygen atoms in total. The molecule has 1 N–H and O–H groups in total. The van der Waals surface area contributed by atoms with E-state index in [1.54, 1.807) is 6.92 Å². The van der Waals surface area contributed by atoms with E-state index in [4.69, 9.17) is 18.5 Å². The summed E-state index contributed by atoms with van der Waals surface area (Å²) in [5.74, 6) is -0.795. The molecule has 0 fully saturated rings. The normalized spacial score (nSPS) is 13.3. The number of ether oxygens (including phenoxy) is 2. The molecule has 326 valence electrons. The SMILES string of the molecule is CCCCC/C=C\CCCCCCCC(=O)OC(COC(=O)CCCCCCCCCCCCCCCCCCCCCCCCC)COP(=O)(O)OCC. The molecule has 0 aliphatic carbocycles. The predicted octanol–water partition coefficient (Wildman–Crippen LogP) is 14.8. The highest BCUT2D eigenvalue weighted by Gasteiger charge is 2.25. The van der Waals surface area contributed by atoms with Crippen LogP contribution in [0.5, 0.6) is 0 Å². The molecule has 0 radical (unpaired) electrons. The Kier molecular flexibility index (Phi) is 41.5. The molecular weight excluding hydrogens is 711 g/mol. The van der Waals surface area contributed by atoms with Gasteiger partial charge in [-0.25, -0.2) is 4.57 Å². The lowest BCUT2D eigenvalue weighted by atomic mass is 10.0. The number of carbonyl (C=O) groups is 2. The Morgan fingerprint density at radius 2 is 0.818 bits per heavy atom. The maximum atomic E-state index is 12.5. The molecule has 0 bridgehead atoms. The Bertz CT molecular complexity index is 910. The minimum atomic E-state index is -4.28. The van der Waals surface area contributed by atoms with Gasteiger partial charge in [-0.05, 0) is 45.4 Å². The molecular formula is C46H89O8P. The van der Waals surface area contributed by atoms with Gasteiger partial charge in [-0.15, -0.1) is 0 Å². The van der Waals surface area contributed by atoms with Gasteiger partial charge in [-0.2, -0.15) is 0 Å². The molecule has 0 aromatic carbocycles. The third kappa shape index (κ3) is 42.2. The zero-order chi connectivity index (χ0) is 40.3. The first-order valence-corrected chi connectivity index (χ1v) is 25.0. The summed E-state index contributed by atoms with van der Waals surface area (Å²) < 4.78 is 32.7. The molecule has 0 saturated carbocycles. The Morgan fingerprint density at radius 3 is 1.24 bits per heavy atom. The van der Waals surface area contributed by atoms with Crippen LogP contribution < -0.4 is 0 Å². The number of hydrogen-bond acceptors (Lipinski definition) is 7. The van der Waals surface area contributed by atoms with E-state index in [2.05, 4.69) is 26.0 Å². The number of allylic oxidation sites excluding steroid dienone is 2. The highest BCUT2D eigenvalue weighted by molar-refractivity contribution is 7.47. The quantitative estimate of drug-likeness (QED) is 0.0281. The van der Waals surface area contributed by atoms with Crippen molar-refractivity contribution in [1.29, 1.82) is 0 Å². The van der Waals surface area contributed by atoms with Crippen LogP contribution in [-0.2, 0) is 32.7 Å². The van der Waals surface area contributed by atoms with Gasteiger partial charge in [0.2, 0.25) is 0 Å². The Hall–Kier alpha value is -1.21. The first-order valence-electron chi connectivity index (χ1n) is 23.5. The van der Waals surface area contributed by atoms with Crippen molar-refractivity contribution < 1.29 is 37.6 Å². The van der Waals surface area contributed by atoms with Gasteiger partial charge in [-0.3, -0.25) is 18.6 Å². The van der Waals surface area contributed by atoms with E-state index >= 15 is 0 Å². The third-order valence-corrected chi connectivity index (χ3v) is 11.4. The summed E-state index contributed by atoms with van der Waals surface area (Å²) in [4.78, 5) is 34.7. The first kappa shape index (κ1) is 53.8. The highest BCUT2D eigenvalue weighted by Crippen LogP contribution is 2.43. The van der Waals surface area contributed by atoms with Crippen LogP contribution in [0.4, 0.5) is 0 Å². The zero-order valence-electron chi connectivity index (χ0n) is 36.4. The topological polar surface area (TPSA) is 108 Å². The van der Waals surface area contributed by atoms with Crippen LogP contribution in [0.1, 0.15) is 245 Å². The molecule has 9 heteroatoms. The number of phosphoric acid groups is 1. The summed E-state index contributed by atoms with van der Waals surface area (Å²) in [5.41, 5.74) is 0. The van der Waals surface area contributed by atoms with Crippen molar-refractivity contribution in [2.45, 2.75) is 252 Å². The van der Waals surface area contributed by atoms with Gasteiger partial charge >= 0.3 is 19.8 Å². The molecule has 2 unspecified atom stereocenters. The number of hydrogen-bond donors (Lipinski definition) is 1. The van der Waals surface area contributed by atoms with Crippen molar-refractivity contribution >= 4 is 19.8 Å². The van der Waals surface area contributed by atoms with E-state index in [-0.39, 0.29) is 25.6 Å². The van der Waals surface area contributed by atoms with E-state index in [0.29, 0.717) is 12.8 Å². The van der Waals surface area contributed by atoms with Crippen LogP contribution in [0, 0.1) is 0 Å². The molecule has 0 aromatic heterocycles. The first-order chi connectivity index (χ1) is 26.8. The van der Waals surface area contributed by atoms with Gasteiger partial charge in [0, 0.05) is 12.8 Å². The molecule has 0 heterocycles. The molecule has 2 atom stereocenters. The molecule has 55 heavy (non-hydrogen) atoms. The van der Waals surface area contributed by atoms with Gasteiger partial charge < -0.3 is 14.4 Å². The summed E-state index contributed by atoms with van der Waals surface area (Å²) in [6, 6.07) is 0. The number of phosphoric ester groups is 1. The average Bonchev–Trinajstić information content (AvgIpc) is 3.16. The van der Waals surface area contributed by atoms with Crippen molar-refractivity contribution in [2.24, 2.45) is 0 Å². The van der Waals surface area contributed by atoms with Crippen molar-refractivity contribution in [1.82, 2.24) is 0 Å². The van der Waals surface area contributed by atoms with Gasteiger partial charge in [0.25, 0.3) is 0 Å². The summed E-state index contributed by atoms with van der Waals surface area (Å²) in [6.45, 7) is 5.48. The van der Waals surface area contributed by atoms with Crippen LogP contribution in [0.15, 0.2) is 12.2 Å². The van der Waals surface area contributed by atoms with E-state index in [1.807, 2.05) is 0 Å². The highest BCUT2D eigenvalue weighted by atomic mass is 31.2. The maximum absolute atomic E-state index is 12.5. The molecule has 0 amide bonds. The lowest BCUT2D eigenvalue weighted by molar-refractivity contribution is -0.161. The van der Waals surface area contributed by atoms with Crippen LogP contribution >= 0.6 is 7.82 Å². The second-order valence-electron chi connectivity index (χ2n) is 15.8. The van der Waals surface area contributed by atoms with Gasteiger partial charge in [-0.1, -0.05) is 199 Å². The van der Waals surface area contributed by atoms with Gasteiger partial charge in [0.15, 0.2) is 6.10 Å². The van der Waals surface area contributed by atoms with Crippen LogP contribution in [0.2, 0.25) is 0 Å². The summed E-state index contributed by atoms with van der Waals surface area (Å²) in [5, 5.41) is 0. The lowest BCUT2D eigenvalue weighted by Crippen LogP contribution is -2.29. The van der Waals surface area contributed by atoms with E-state index < -0.39 is 26.5 Å². The molecule has 0 spiro atoms.